The predicted molar refractivity (Wildman–Crippen MR) is 95.6 cm³/mol. The number of halogens is 1. The van der Waals surface area contributed by atoms with Crippen LogP contribution in [0.5, 0.6) is 0 Å². The van der Waals surface area contributed by atoms with E-state index in [0.29, 0.717) is 0 Å². The zero-order chi connectivity index (χ0) is 15.9. The Morgan fingerprint density at radius 1 is 1.23 bits per heavy atom. The number of carbonyl (C=O) groups is 1. The van der Waals surface area contributed by atoms with Crippen molar-refractivity contribution in [3.8, 4) is 0 Å². The van der Waals surface area contributed by atoms with Gasteiger partial charge in [-0.3, -0.25) is 0 Å². The van der Waals surface area contributed by atoms with Crippen LogP contribution in [0.15, 0.2) is 22.7 Å². The van der Waals surface area contributed by atoms with Crippen molar-refractivity contribution in [1.82, 2.24) is 10.2 Å². The third-order valence-electron chi connectivity index (χ3n) is 4.07. The highest BCUT2D eigenvalue weighted by atomic mass is 79.9. The third kappa shape index (κ3) is 4.63. The summed E-state index contributed by atoms with van der Waals surface area (Å²) < 4.78 is 1.13. The first-order valence-corrected chi connectivity index (χ1v) is 8.95. The Labute approximate surface area is 142 Å². The molecule has 4 nitrogen and oxygen atoms in total. The molecule has 1 aromatic carbocycles. The Hall–Kier alpha value is -1.23. The van der Waals surface area contributed by atoms with Crippen molar-refractivity contribution in [2.75, 3.05) is 37.6 Å². The normalized spacial score (nSPS) is 15.0. The molecule has 0 unspecified atom stereocenters. The van der Waals surface area contributed by atoms with Crippen molar-refractivity contribution < 1.29 is 4.79 Å². The number of carbonyl (C=O) groups excluding carboxylic acids is 1. The SMILES string of the molecule is CCCCCNC(=O)N1CCN(c2ccc(C)cc2Br)CC1. The lowest BCUT2D eigenvalue weighted by molar-refractivity contribution is 0.194. The lowest BCUT2D eigenvalue weighted by Crippen LogP contribution is -2.52. The maximum absolute atomic E-state index is 12.1. The van der Waals surface area contributed by atoms with Gasteiger partial charge >= 0.3 is 6.03 Å². The number of anilines is 1. The van der Waals surface area contributed by atoms with Gasteiger partial charge in [-0.1, -0.05) is 25.8 Å². The number of aryl methyl sites for hydroxylation is 1. The maximum Gasteiger partial charge on any atom is 0.317 e. The van der Waals surface area contributed by atoms with E-state index in [0.717, 1.165) is 43.6 Å². The van der Waals surface area contributed by atoms with Crippen molar-refractivity contribution in [1.29, 1.82) is 0 Å². The summed E-state index contributed by atoms with van der Waals surface area (Å²) in [7, 11) is 0. The maximum atomic E-state index is 12.1. The van der Waals surface area contributed by atoms with E-state index in [1.54, 1.807) is 0 Å². The highest BCUT2D eigenvalue weighted by Gasteiger charge is 2.21. The van der Waals surface area contributed by atoms with E-state index in [1.807, 2.05) is 4.90 Å². The van der Waals surface area contributed by atoms with E-state index in [1.165, 1.54) is 24.1 Å². The molecule has 122 valence electrons. The van der Waals surface area contributed by atoms with Crippen molar-refractivity contribution in [3.63, 3.8) is 0 Å². The summed E-state index contributed by atoms with van der Waals surface area (Å²) in [5.74, 6) is 0. The summed E-state index contributed by atoms with van der Waals surface area (Å²) in [4.78, 5) is 16.4. The summed E-state index contributed by atoms with van der Waals surface area (Å²) in [6.45, 7) is 8.37. The average molecular weight is 368 g/mol. The highest BCUT2D eigenvalue weighted by Crippen LogP contribution is 2.28. The van der Waals surface area contributed by atoms with E-state index < -0.39 is 0 Å². The van der Waals surface area contributed by atoms with Crippen LogP contribution in [-0.2, 0) is 0 Å². The van der Waals surface area contributed by atoms with Gasteiger partial charge in [0.2, 0.25) is 0 Å². The van der Waals surface area contributed by atoms with E-state index in [9.17, 15) is 4.79 Å². The fourth-order valence-electron chi connectivity index (χ4n) is 2.70. The summed E-state index contributed by atoms with van der Waals surface area (Å²) in [5, 5.41) is 3.02. The lowest BCUT2D eigenvalue weighted by Gasteiger charge is -2.36. The molecule has 1 aromatic rings. The monoisotopic (exact) mass is 367 g/mol. The smallest absolute Gasteiger partial charge is 0.317 e. The molecule has 1 aliphatic heterocycles. The minimum Gasteiger partial charge on any atom is -0.367 e. The topological polar surface area (TPSA) is 35.6 Å². The molecule has 1 N–H and O–H groups in total. The second kappa shape index (κ2) is 8.42. The second-order valence-corrected chi connectivity index (χ2v) is 6.72. The number of piperazine rings is 1. The quantitative estimate of drug-likeness (QED) is 0.803. The zero-order valence-electron chi connectivity index (χ0n) is 13.6. The van der Waals surface area contributed by atoms with Crippen LogP contribution in [-0.4, -0.2) is 43.7 Å². The molecule has 1 aliphatic rings. The molecule has 0 radical (unpaired) electrons. The summed E-state index contributed by atoms with van der Waals surface area (Å²) >= 11 is 3.64. The van der Waals surface area contributed by atoms with Crippen LogP contribution >= 0.6 is 15.9 Å². The van der Waals surface area contributed by atoms with Crippen molar-refractivity contribution in [2.24, 2.45) is 0 Å². The minimum atomic E-state index is 0.0822. The first-order valence-electron chi connectivity index (χ1n) is 8.15. The summed E-state index contributed by atoms with van der Waals surface area (Å²) in [6.07, 6.45) is 3.42. The number of hydrogen-bond donors (Lipinski definition) is 1. The highest BCUT2D eigenvalue weighted by molar-refractivity contribution is 9.10. The number of nitrogens with one attached hydrogen (secondary N) is 1. The Balaban J connectivity index is 1.81. The fraction of sp³-hybridized carbons (Fsp3) is 0.588. The Kier molecular flexibility index (Phi) is 6.55. The first kappa shape index (κ1) is 17.1. The molecule has 2 rings (SSSR count). The molecule has 1 fully saturated rings. The van der Waals surface area contributed by atoms with E-state index in [2.05, 4.69) is 58.2 Å². The van der Waals surface area contributed by atoms with Crippen molar-refractivity contribution in [2.45, 2.75) is 33.1 Å². The predicted octanol–water partition coefficient (Wildman–Crippen LogP) is 3.78. The Bertz CT molecular complexity index is 499. The van der Waals surface area contributed by atoms with Gasteiger partial charge in [0.25, 0.3) is 0 Å². The molecule has 22 heavy (non-hydrogen) atoms. The van der Waals surface area contributed by atoms with Gasteiger partial charge in [-0.15, -0.1) is 0 Å². The first-order chi connectivity index (χ1) is 10.6. The standard InChI is InChI=1S/C17H26BrN3O/c1-3-4-5-8-19-17(22)21-11-9-20(10-12-21)16-7-6-14(2)13-15(16)18/h6-7,13H,3-5,8-12H2,1-2H3,(H,19,22). The number of urea groups is 1. The molecule has 0 saturated carbocycles. The molecule has 5 heteroatoms. The molecular formula is C17H26BrN3O. The van der Waals surface area contributed by atoms with Crippen LogP contribution in [0, 0.1) is 6.92 Å². The molecule has 2 amide bonds. The van der Waals surface area contributed by atoms with Crippen molar-refractivity contribution >= 4 is 27.6 Å². The minimum absolute atomic E-state index is 0.0822. The third-order valence-corrected chi connectivity index (χ3v) is 4.70. The number of nitrogens with zero attached hydrogens (tertiary/aromatic N) is 2. The van der Waals surface area contributed by atoms with Gasteiger partial charge in [-0.25, -0.2) is 4.79 Å². The van der Waals surface area contributed by atoms with Gasteiger partial charge in [0, 0.05) is 37.2 Å². The van der Waals surface area contributed by atoms with E-state index in [-0.39, 0.29) is 6.03 Å². The van der Waals surface area contributed by atoms with Gasteiger partial charge in [-0.2, -0.15) is 0 Å². The van der Waals surface area contributed by atoms with Gasteiger partial charge in [0.05, 0.1) is 5.69 Å². The number of amides is 2. The van der Waals surface area contributed by atoms with Crippen LogP contribution in [0.3, 0.4) is 0 Å². The Morgan fingerprint density at radius 3 is 2.59 bits per heavy atom. The average Bonchev–Trinajstić information content (AvgIpc) is 2.52. The van der Waals surface area contributed by atoms with E-state index >= 15 is 0 Å². The van der Waals surface area contributed by atoms with Crippen LogP contribution in [0.1, 0.15) is 31.7 Å². The van der Waals surface area contributed by atoms with Crippen LogP contribution in [0.25, 0.3) is 0 Å². The molecular weight excluding hydrogens is 342 g/mol. The molecule has 0 atom stereocenters. The largest absolute Gasteiger partial charge is 0.367 e. The number of hydrogen-bond acceptors (Lipinski definition) is 2. The molecule has 0 bridgehead atoms. The number of unbranched alkanes of at least 4 members (excludes halogenated alkanes) is 2. The summed E-state index contributed by atoms with van der Waals surface area (Å²) in [6, 6.07) is 6.51. The van der Waals surface area contributed by atoms with E-state index in [4.69, 9.17) is 0 Å². The molecule has 1 heterocycles. The molecule has 0 aromatic heterocycles. The van der Waals surface area contributed by atoms with Crippen molar-refractivity contribution in [3.05, 3.63) is 28.2 Å². The number of benzene rings is 1. The zero-order valence-corrected chi connectivity index (χ0v) is 15.2. The fourth-order valence-corrected chi connectivity index (χ4v) is 3.44. The van der Waals surface area contributed by atoms with Gasteiger partial charge < -0.3 is 15.1 Å². The van der Waals surface area contributed by atoms with Gasteiger partial charge in [0.1, 0.15) is 0 Å². The molecule has 1 saturated heterocycles. The second-order valence-electron chi connectivity index (χ2n) is 5.87. The molecule has 0 spiro atoms. The van der Waals surface area contributed by atoms with Gasteiger partial charge in [-0.05, 0) is 47.0 Å². The van der Waals surface area contributed by atoms with Crippen LogP contribution in [0.2, 0.25) is 0 Å². The lowest BCUT2D eigenvalue weighted by atomic mass is 10.2. The molecule has 0 aliphatic carbocycles. The number of rotatable bonds is 5. The Morgan fingerprint density at radius 2 is 1.95 bits per heavy atom. The van der Waals surface area contributed by atoms with Crippen LogP contribution < -0.4 is 10.2 Å². The summed E-state index contributed by atoms with van der Waals surface area (Å²) in [5.41, 5.74) is 2.47. The van der Waals surface area contributed by atoms with Crippen LogP contribution in [0.4, 0.5) is 10.5 Å². The van der Waals surface area contributed by atoms with Gasteiger partial charge in [0.15, 0.2) is 0 Å².